The van der Waals surface area contributed by atoms with Gasteiger partial charge in [-0.2, -0.15) is 0 Å². The van der Waals surface area contributed by atoms with Gasteiger partial charge in [0.25, 0.3) is 0 Å². The molecule has 0 aliphatic heterocycles. The molecule has 1 aromatic carbocycles. The predicted octanol–water partition coefficient (Wildman–Crippen LogP) is 2.74. The third-order valence-corrected chi connectivity index (χ3v) is 2.70. The topological polar surface area (TPSA) is 32.3 Å². The molecule has 0 fully saturated rings. The lowest BCUT2D eigenvalue weighted by atomic mass is 10.0. The summed E-state index contributed by atoms with van der Waals surface area (Å²) in [6.07, 6.45) is 1.13. The minimum atomic E-state index is 0.0509. The molecule has 2 nitrogen and oxygen atoms in total. The molecule has 16 heavy (non-hydrogen) atoms. The Morgan fingerprint density at radius 2 is 1.75 bits per heavy atom. The molecule has 2 atom stereocenters. The van der Waals surface area contributed by atoms with Gasteiger partial charge in [-0.25, -0.2) is 0 Å². The van der Waals surface area contributed by atoms with Crippen molar-refractivity contribution in [1.29, 1.82) is 0 Å². The maximum absolute atomic E-state index is 9.40. The summed E-state index contributed by atoms with van der Waals surface area (Å²) in [5, 5.41) is 12.9. The summed E-state index contributed by atoms with van der Waals surface area (Å²) in [4.78, 5) is 0. The highest BCUT2D eigenvalue weighted by Crippen LogP contribution is 2.14. The molecular formula is C14H23NO. The fourth-order valence-corrected chi connectivity index (χ4v) is 2.06. The van der Waals surface area contributed by atoms with Crippen molar-refractivity contribution in [2.75, 3.05) is 6.61 Å². The largest absolute Gasteiger partial charge is 0.394 e. The zero-order valence-corrected chi connectivity index (χ0v) is 10.5. The van der Waals surface area contributed by atoms with Crippen LogP contribution in [-0.4, -0.2) is 17.8 Å². The average molecular weight is 221 g/mol. The van der Waals surface area contributed by atoms with Crippen molar-refractivity contribution >= 4 is 0 Å². The maximum atomic E-state index is 9.40. The minimum Gasteiger partial charge on any atom is -0.394 e. The lowest BCUT2D eigenvalue weighted by Gasteiger charge is -2.23. The van der Waals surface area contributed by atoms with E-state index in [1.54, 1.807) is 0 Å². The highest BCUT2D eigenvalue weighted by molar-refractivity contribution is 5.19. The lowest BCUT2D eigenvalue weighted by Crippen LogP contribution is -2.33. The van der Waals surface area contributed by atoms with Crippen molar-refractivity contribution in [3.63, 3.8) is 0 Å². The number of aliphatic hydroxyl groups is 1. The van der Waals surface area contributed by atoms with E-state index in [9.17, 15) is 5.11 Å². The van der Waals surface area contributed by atoms with Crippen molar-refractivity contribution < 1.29 is 5.11 Å². The molecule has 2 heteroatoms. The van der Waals surface area contributed by atoms with Crippen LogP contribution < -0.4 is 5.32 Å². The zero-order chi connectivity index (χ0) is 12.0. The van der Waals surface area contributed by atoms with Crippen molar-refractivity contribution in [1.82, 2.24) is 5.32 Å². The third-order valence-electron chi connectivity index (χ3n) is 2.70. The zero-order valence-electron chi connectivity index (χ0n) is 10.5. The first-order chi connectivity index (χ1) is 7.63. The van der Waals surface area contributed by atoms with Gasteiger partial charge >= 0.3 is 0 Å². The molecule has 0 bridgehead atoms. The van der Waals surface area contributed by atoms with E-state index in [0.717, 1.165) is 12.0 Å². The molecular weight excluding hydrogens is 198 g/mol. The van der Waals surface area contributed by atoms with Crippen LogP contribution in [0.5, 0.6) is 0 Å². The Bertz CT molecular complexity index is 284. The second-order valence-corrected chi connectivity index (χ2v) is 4.84. The van der Waals surface area contributed by atoms with Gasteiger partial charge in [-0.05, 0) is 24.8 Å². The van der Waals surface area contributed by atoms with E-state index in [-0.39, 0.29) is 12.6 Å². The molecule has 0 spiro atoms. The maximum Gasteiger partial charge on any atom is 0.0626 e. The Labute approximate surface area is 98.7 Å². The van der Waals surface area contributed by atoms with E-state index in [1.165, 1.54) is 0 Å². The molecule has 1 aromatic rings. The molecule has 0 aromatic heterocycles. The summed E-state index contributed by atoms with van der Waals surface area (Å²) in [6, 6.07) is 10.6. The van der Waals surface area contributed by atoms with Gasteiger partial charge in [-0.3, -0.25) is 0 Å². The van der Waals surface area contributed by atoms with Crippen molar-refractivity contribution in [2.24, 2.45) is 5.92 Å². The van der Waals surface area contributed by atoms with Crippen molar-refractivity contribution in [2.45, 2.75) is 39.3 Å². The number of hydrogen-bond donors (Lipinski definition) is 2. The second kappa shape index (κ2) is 6.66. The SMILES string of the molecule is CC(C)CC(C)NC(CO)c1ccccc1. The standard InChI is InChI=1S/C14H23NO/c1-11(2)9-12(3)15-14(10-16)13-7-5-4-6-8-13/h4-8,11-12,14-16H,9-10H2,1-3H3. The Morgan fingerprint density at radius 1 is 1.12 bits per heavy atom. The molecule has 0 amide bonds. The molecule has 0 aliphatic rings. The molecule has 2 unspecified atom stereocenters. The van der Waals surface area contributed by atoms with Crippen LogP contribution in [0.25, 0.3) is 0 Å². The highest BCUT2D eigenvalue weighted by atomic mass is 16.3. The Morgan fingerprint density at radius 3 is 2.25 bits per heavy atom. The van der Waals surface area contributed by atoms with Crippen molar-refractivity contribution in [3.8, 4) is 0 Å². The molecule has 0 radical (unpaired) electrons. The average Bonchev–Trinajstić information content (AvgIpc) is 2.26. The number of nitrogens with one attached hydrogen (secondary N) is 1. The van der Waals surface area contributed by atoms with E-state index < -0.39 is 0 Å². The third kappa shape index (κ3) is 4.33. The van der Waals surface area contributed by atoms with Gasteiger partial charge < -0.3 is 10.4 Å². The summed E-state index contributed by atoms with van der Waals surface area (Å²) < 4.78 is 0. The fourth-order valence-electron chi connectivity index (χ4n) is 2.06. The summed E-state index contributed by atoms with van der Waals surface area (Å²) >= 11 is 0. The van der Waals surface area contributed by atoms with Gasteiger partial charge in [-0.15, -0.1) is 0 Å². The Kier molecular flexibility index (Phi) is 5.50. The summed E-state index contributed by atoms with van der Waals surface area (Å²) in [5.41, 5.74) is 1.15. The van der Waals surface area contributed by atoms with Crippen LogP contribution in [0.15, 0.2) is 30.3 Å². The van der Waals surface area contributed by atoms with Gasteiger partial charge in [0.2, 0.25) is 0 Å². The first-order valence-corrected chi connectivity index (χ1v) is 6.05. The molecule has 2 N–H and O–H groups in total. The lowest BCUT2D eigenvalue weighted by molar-refractivity contribution is 0.229. The van der Waals surface area contributed by atoms with Gasteiger partial charge in [0.1, 0.15) is 0 Å². The van der Waals surface area contributed by atoms with E-state index in [2.05, 4.69) is 38.2 Å². The normalized spacial score (nSPS) is 15.1. The number of aliphatic hydroxyl groups excluding tert-OH is 1. The van der Waals surface area contributed by atoms with Gasteiger partial charge in [0, 0.05) is 6.04 Å². The smallest absolute Gasteiger partial charge is 0.0626 e. The van der Waals surface area contributed by atoms with Crippen LogP contribution in [-0.2, 0) is 0 Å². The molecule has 0 heterocycles. The number of rotatable bonds is 6. The van der Waals surface area contributed by atoms with Crippen LogP contribution >= 0.6 is 0 Å². The summed E-state index contributed by atoms with van der Waals surface area (Å²) in [6.45, 7) is 6.75. The monoisotopic (exact) mass is 221 g/mol. The van der Waals surface area contributed by atoms with Gasteiger partial charge in [0.05, 0.1) is 12.6 Å². The number of benzene rings is 1. The van der Waals surface area contributed by atoms with Crippen LogP contribution in [0.1, 0.15) is 38.8 Å². The highest BCUT2D eigenvalue weighted by Gasteiger charge is 2.13. The van der Waals surface area contributed by atoms with Crippen molar-refractivity contribution in [3.05, 3.63) is 35.9 Å². The van der Waals surface area contributed by atoms with E-state index in [1.807, 2.05) is 18.2 Å². The molecule has 1 rings (SSSR count). The first kappa shape index (κ1) is 13.2. The molecule has 0 saturated carbocycles. The van der Waals surface area contributed by atoms with Crippen LogP contribution in [0, 0.1) is 5.92 Å². The summed E-state index contributed by atoms with van der Waals surface area (Å²) in [5.74, 6) is 0.678. The first-order valence-electron chi connectivity index (χ1n) is 6.05. The quantitative estimate of drug-likeness (QED) is 0.774. The molecule has 90 valence electrons. The Balaban J connectivity index is 2.56. The van der Waals surface area contributed by atoms with Crippen LogP contribution in [0.3, 0.4) is 0 Å². The van der Waals surface area contributed by atoms with E-state index in [0.29, 0.717) is 12.0 Å². The van der Waals surface area contributed by atoms with Gasteiger partial charge in [-0.1, -0.05) is 44.2 Å². The molecule has 0 saturated heterocycles. The van der Waals surface area contributed by atoms with E-state index in [4.69, 9.17) is 0 Å². The van der Waals surface area contributed by atoms with Crippen LogP contribution in [0.4, 0.5) is 0 Å². The Hall–Kier alpha value is -0.860. The summed E-state index contributed by atoms with van der Waals surface area (Å²) in [7, 11) is 0. The van der Waals surface area contributed by atoms with Gasteiger partial charge in [0.15, 0.2) is 0 Å². The number of hydrogen-bond acceptors (Lipinski definition) is 2. The second-order valence-electron chi connectivity index (χ2n) is 4.84. The fraction of sp³-hybridized carbons (Fsp3) is 0.571. The predicted molar refractivity (Wildman–Crippen MR) is 68.3 cm³/mol. The molecule has 0 aliphatic carbocycles. The minimum absolute atomic E-state index is 0.0509. The van der Waals surface area contributed by atoms with Crippen LogP contribution in [0.2, 0.25) is 0 Å². The van der Waals surface area contributed by atoms with E-state index >= 15 is 0 Å².